The van der Waals surface area contributed by atoms with Gasteiger partial charge in [0.25, 0.3) is 0 Å². The predicted octanol–water partition coefficient (Wildman–Crippen LogP) is 2.21. The summed E-state index contributed by atoms with van der Waals surface area (Å²) in [6, 6.07) is 3.82. The molecular formula is C11H16FNO2. The lowest BCUT2D eigenvalue weighted by Crippen LogP contribution is -2.17. The van der Waals surface area contributed by atoms with Gasteiger partial charge < -0.3 is 9.94 Å². The molecule has 0 radical (unpaired) electrons. The molecule has 0 heterocycles. The Labute approximate surface area is 88.8 Å². The van der Waals surface area contributed by atoms with Crippen LogP contribution in [0.3, 0.4) is 0 Å². The molecule has 0 fully saturated rings. The van der Waals surface area contributed by atoms with E-state index in [2.05, 4.69) is 5.48 Å². The number of hydrogen-bond acceptors (Lipinski definition) is 3. The van der Waals surface area contributed by atoms with Crippen molar-refractivity contribution in [2.45, 2.75) is 20.4 Å². The largest absolute Gasteiger partial charge is 0.508 e. The summed E-state index contributed by atoms with van der Waals surface area (Å²) in [5, 5.41) is 9.38. The zero-order chi connectivity index (χ0) is 11.3. The van der Waals surface area contributed by atoms with Crippen molar-refractivity contribution in [2.75, 3.05) is 6.61 Å². The molecular weight excluding hydrogens is 197 g/mol. The molecule has 1 aromatic rings. The summed E-state index contributed by atoms with van der Waals surface area (Å²) in [5.41, 5.74) is 3.16. The van der Waals surface area contributed by atoms with Gasteiger partial charge in [0.1, 0.15) is 11.6 Å². The highest BCUT2D eigenvalue weighted by Crippen LogP contribution is 2.17. The Morgan fingerprint density at radius 2 is 2.20 bits per heavy atom. The van der Waals surface area contributed by atoms with Gasteiger partial charge in [-0.1, -0.05) is 13.8 Å². The zero-order valence-corrected chi connectivity index (χ0v) is 8.96. The third-order valence-electron chi connectivity index (χ3n) is 1.82. The van der Waals surface area contributed by atoms with Crippen LogP contribution in [0.25, 0.3) is 0 Å². The van der Waals surface area contributed by atoms with Crippen LogP contribution in [0.4, 0.5) is 4.39 Å². The average Bonchev–Trinajstić information content (AvgIpc) is 2.17. The van der Waals surface area contributed by atoms with Gasteiger partial charge in [-0.3, -0.25) is 0 Å². The summed E-state index contributed by atoms with van der Waals surface area (Å²) in [5.74, 6) is 0.129. The van der Waals surface area contributed by atoms with E-state index in [-0.39, 0.29) is 18.1 Å². The minimum atomic E-state index is -0.367. The second-order valence-electron chi connectivity index (χ2n) is 3.80. The number of phenols is 1. The van der Waals surface area contributed by atoms with Gasteiger partial charge in [0, 0.05) is 12.1 Å². The molecule has 0 unspecified atom stereocenters. The first-order chi connectivity index (χ1) is 7.09. The van der Waals surface area contributed by atoms with Crippen molar-refractivity contribution < 1.29 is 14.3 Å². The predicted molar refractivity (Wildman–Crippen MR) is 55.7 cm³/mol. The molecule has 0 spiro atoms. The Hall–Kier alpha value is -1.13. The summed E-state index contributed by atoms with van der Waals surface area (Å²) in [6.07, 6.45) is 0. The Balaban J connectivity index is 2.40. The molecule has 2 N–H and O–H groups in total. The summed E-state index contributed by atoms with van der Waals surface area (Å²) in [7, 11) is 0. The van der Waals surface area contributed by atoms with Crippen LogP contribution in [0.2, 0.25) is 0 Å². The van der Waals surface area contributed by atoms with Crippen LogP contribution in [0.1, 0.15) is 19.4 Å². The maximum absolute atomic E-state index is 12.8. The highest BCUT2D eigenvalue weighted by Gasteiger charge is 2.02. The fraction of sp³-hybridized carbons (Fsp3) is 0.455. The third-order valence-corrected chi connectivity index (χ3v) is 1.82. The van der Waals surface area contributed by atoms with Crippen molar-refractivity contribution in [3.63, 3.8) is 0 Å². The van der Waals surface area contributed by atoms with Crippen molar-refractivity contribution >= 4 is 0 Å². The summed E-state index contributed by atoms with van der Waals surface area (Å²) in [4.78, 5) is 5.11. The second-order valence-corrected chi connectivity index (χ2v) is 3.80. The second kappa shape index (κ2) is 5.68. The van der Waals surface area contributed by atoms with Crippen LogP contribution < -0.4 is 5.48 Å². The van der Waals surface area contributed by atoms with Crippen LogP contribution in [0.15, 0.2) is 18.2 Å². The molecule has 0 aliphatic carbocycles. The number of hydrogen-bond donors (Lipinski definition) is 2. The van der Waals surface area contributed by atoms with E-state index in [1.165, 1.54) is 18.2 Å². The molecule has 3 nitrogen and oxygen atoms in total. The van der Waals surface area contributed by atoms with E-state index in [0.717, 1.165) is 0 Å². The monoisotopic (exact) mass is 213 g/mol. The van der Waals surface area contributed by atoms with Crippen molar-refractivity contribution in [2.24, 2.45) is 5.92 Å². The molecule has 0 aliphatic rings. The van der Waals surface area contributed by atoms with Gasteiger partial charge in [-0.2, -0.15) is 5.48 Å². The van der Waals surface area contributed by atoms with Gasteiger partial charge in [0.2, 0.25) is 0 Å². The Morgan fingerprint density at radius 3 is 2.87 bits per heavy atom. The molecule has 0 saturated heterocycles. The van der Waals surface area contributed by atoms with E-state index >= 15 is 0 Å². The van der Waals surface area contributed by atoms with Gasteiger partial charge in [-0.15, -0.1) is 0 Å². The topological polar surface area (TPSA) is 41.5 Å². The Kier molecular flexibility index (Phi) is 4.52. The Bertz CT molecular complexity index is 315. The van der Waals surface area contributed by atoms with Crippen LogP contribution in [0.5, 0.6) is 5.75 Å². The quantitative estimate of drug-likeness (QED) is 0.582. The van der Waals surface area contributed by atoms with Crippen molar-refractivity contribution in [3.05, 3.63) is 29.6 Å². The van der Waals surface area contributed by atoms with E-state index < -0.39 is 0 Å². The number of aromatic hydroxyl groups is 1. The van der Waals surface area contributed by atoms with Crippen LogP contribution in [-0.2, 0) is 11.4 Å². The lowest BCUT2D eigenvalue weighted by atomic mass is 10.2. The molecule has 15 heavy (non-hydrogen) atoms. The molecule has 1 aromatic carbocycles. The van der Waals surface area contributed by atoms with Gasteiger partial charge in [-0.05, 0) is 24.1 Å². The summed E-state index contributed by atoms with van der Waals surface area (Å²) < 4.78 is 12.8. The van der Waals surface area contributed by atoms with E-state index in [0.29, 0.717) is 18.1 Å². The smallest absolute Gasteiger partial charge is 0.123 e. The van der Waals surface area contributed by atoms with Crippen molar-refractivity contribution in [1.29, 1.82) is 0 Å². The fourth-order valence-electron chi connectivity index (χ4n) is 1.05. The first kappa shape index (κ1) is 11.9. The van der Waals surface area contributed by atoms with Gasteiger partial charge in [-0.25, -0.2) is 4.39 Å². The molecule has 0 saturated carbocycles. The van der Waals surface area contributed by atoms with Gasteiger partial charge in [0.05, 0.1) is 6.61 Å². The summed E-state index contributed by atoms with van der Waals surface area (Å²) in [6.45, 7) is 4.93. The SMILES string of the molecule is CC(C)CONCc1cc(F)ccc1O. The molecule has 84 valence electrons. The van der Waals surface area contributed by atoms with Crippen LogP contribution in [0, 0.1) is 11.7 Å². The maximum Gasteiger partial charge on any atom is 0.123 e. The number of halogens is 1. The first-order valence-electron chi connectivity index (χ1n) is 4.91. The number of phenolic OH excluding ortho intramolecular Hbond substituents is 1. The number of nitrogens with one attached hydrogen (secondary N) is 1. The van der Waals surface area contributed by atoms with Gasteiger partial charge in [0.15, 0.2) is 0 Å². The van der Waals surface area contributed by atoms with E-state index in [9.17, 15) is 9.50 Å². The van der Waals surface area contributed by atoms with Crippen molar-refractivity contribution in [1.82, 2.24) is 5.48 Å². The molecule has 0 bridgehead atoms. The Morgan fingerprint density at radius 1 is 1.47 bits per heavy atom. The minimum absolute atomic E-state index is 0.0667. The number of benzene rings is 1. The van der Waals surface area contributed by atoms with Crippen molar-refractivity contribution in [3.8, 4) is 5.75 Å². The number of hydroxylamine groups is 1. The van der Waals surface area contributed by atoms with E-state index in [4.69, 9.17) is 4.84 Å². The van der Waals surface area contributed by atoms with Crippen LogP contribution in [-0.4, -0.2) is 11.7 Å². The molecule has 1 rings (SSSR count). The highest BCUT2D eigenvalue weighted by atomic mass is 19.1. The molecule has 0 atom stereocenters. The number of rotatable bonds is 5. The lowest BCUT2D eigenvalue weighted by molar-refractivity contribution is 0.0193. The molecule has 0 aliphatic heterocycles. The van der Waals surface area contributed by atoms with Crippen LogP contribution >= 0.6 is 0 Å². The van der Waals surface area contributed by atoms with Gasteiger partial charge >= 0.3 is 0 Å². The zero-order valence-electron chi connectivity index (χ0n) is 8.96. The maximum atomic E-state index is 12.8. The third kappa shape index (κ3) is 4.27. The van der Waals surface area contributed by atoms with E-state index in [1.54, 1.807) is 0 Å². The van der Waals surface area contributed by atoms with E-state index in [1.807, 2.05) is 13.8 Å². The first-order valence-corrected chi connectivity index (χ1v) is 4.91. The average molecular weight is 213 g/mol. The lowest BCUT2D eigenvalue weighted by Gasteiger charge is -2.09. The molecule has 4 heteroatoms. The summed E-state index contributed by atoms with van der Waals surface area (Å²) >= 11 is 0. The fourth-order valence-corrected chi connectivity index (χ4v) is 1.05. The molecule has 0 amide bonds. The minimum Gasteiger partial charge on any atom is -0.508 e. The normalized spacial score (nSPS) is 10.9. The molecule has 0 aromatic heterocycles. The standard InChI is InChI=1S/C11H16FNO2/c1-8(2)7-15-13-6-9-5-10(12)3-4-11(9)14/h3-5,8,13-14H,6-7H2,1-2H3. The highest BCUT2D eigenvalue weighted by molar-refractivity contribution is 5.32.